The monoisotopic (exact) mass is 222 g/mol. The quantitative estimate of drug-likeness (QED) is 0.780. The molecule has 0 aliphatic rings. The first-order valence-electron chi connectivity index (χ1n) is 5.10. The number of pyridine rings is 1. The lowest BCUT2D eigenvalue weighted by Gasteiger charge is -2.12. The van der Waals surface area contributed by atoms with E-state index < -0.39 is 17.9 Å². The second kappa shape index (κ2) is 5.85. The molecule has 0 aromatic carbocycles. The van der Waals surface area contributed by atoms with E-state index in [-0.39, 0.29) is 5.69 Å². The molecule has 2 N–H and O–H groups in total. The molecule has 1 atom stereocenters. The number of carbonyl (C=O) groups is 2. The number of carboxylic acids is 1. The van der Waals surface area contributed by atoms with Gasteiger partial charge in [-0.15, -0.1) is 0 Å². The molecule has 0 unspecified atom stereocenters. The van der Waals surface area contributed by atoms with Crippen molar-refractivity contribution in [1.82, 2.24) is 10.3 Å². The van der Waals surface area contributed by atoms with Crippen molar-refractivity contribution in [3.8, 4) is 0 Å². The summed E-state index contributed by atoms with van der Waals surface area (Å²) in [6.45, 7) is 1.86. The van der Waals surface area contributed by atoms with E-state index in [4.69, 9.17) is 5.11 Å². The minimum absolute atomic E-state index is 0.227. The smallest absolute Gasteiger partial charge is 0.326 e. The molecule has 5 nitrogen and oxygen atoms in total. The maximum atomic E-state index is 11.6. The lowest BCUT2D eigenvalue weighted by Crippen LogP contribution is -2.40. The average molecular weight is 222 g/mol. The van der Waals surface area contributed by atoms with Crippen molar-refractivity contribution in [3.63, 3.8) is 0 Å². The maximum absolute atomic E-state index is 11.6. The number of amides is 1. The number of carbonyl (C=O) groups excluding carboxylic acids is 1. The number of aromatic nitrogens is 1. The van der Waals surface area contributed by atoms with E-state index in [9.17, 15) is 9.59 Å². The van der Waals surface area contributed by atoms with Gasteiger partial charge in [0, 0.05) is 6.20 Å². The van der Waals surface area contributed by atoms with Gasteiger partial charge in [0.15, 0.2) is 0 Å². The Kier molecular flexibility index (Phi) is 4.44. The Morgan fingerprint density at radius 2 is 2.25 bits per heavy atom. The summed E-state index contributed by atoms with van der Waals surface area (Å²) in [6.07, 6.45) is 2.60. The van der Waals surface area contributed by atoms with Gasteiger partial charge in [0.1, 0.15) is 11.7 Å². The summed E-state index contributed by atoms with van der Waals surface area (Å²) >= 11 is 0. The third-order valence-corrected chi connectivity index (χ3v) is 2.08. The summed E-state index contributed by atoms with van der Waals surface area (Å²) in [5, 5.41) is 11.3. The molecule has 1 aromatic rings. The van der Waals surface area contributed by atoms with Crippen molar-refractivity contribution in [3.05, 3.63) is 30.1 Å². The molecule has 0 fully saturated rings. The summed E-state index contributed by atoms with van der Waals surface area (Å²) in [5.74, 6) is -1.48. The van der Waals surface area contributed by atoms with Gasteiger partial charge in [0.2, 0.25) is 0 Å². The van der Waals surface area contributed by atoms with E-state index in [1.165, 1.54) is 6.20 Å². The van der Waals surface area contributed by atoms with Crippen molar-refractivity contribution in [1.29, 1.82) is 0 Å². The normalized spacial score (nSPS) is 11.8. The number of hydrogen-bond donors (Lipinski definition) is 2. The first kappa shape index (κ1) is 12.2. The summed E-state index contributed by atoms with van der Waals surface area (Å²) in [7, 11) is 0. The van der Waals surface area contributed by atoms with Crippen LogP contribution in [0.4, 0.5) is 0 Å². The Morgan fingerprint density at radius 1 is 1.50 bits per heavy atom. The Balaban J connectivity index is 2.65. The summed E-state index contributed by atoms with van der Waals surface area (Å²) in [5.41, 5.74) is 0.227. The molecule has 0 saturated carbocycles. The predicted octanol–water partition coefficient (Wildman–Crippen LogP) is 1.06. The molecule has 1 heterocycles. The van der Waals surface area contributed by atoms with Crippen LogP contribution in [0.25, 0.3) is 0 Å². The number of aliphatic carboxylic acids is 1. The van der Waals surface area contributed by atoms with E-state index in [0.29, 0.717) is 12.8 Å². The molecule has 1 aromatic heterocycles. The van der Waals surface area contributed by atoms with Gasteiger partial charge in [-0.1, -0.05) is 19.4 Å². The van der Waals surface area contributed by atoms with E-state index in [0.717, 1.165) is 0 Å². The van der Waals surface area contributed by atoms with E-state index in [2.05, 4.69) is 10.3 Å². The Morgan fingerprint density at radius 3 is 2.75 bits per heavy atom. The first-order chi connectivity index (χ1) is 7.65. The van der Waals surface area contributed by atoms with Crippen LogP contribution in [0.1, 0.15) is 30.3 Å². The fraction of sp³-hybridized carbons (Fsp3) is 0.364. The molecule has 86 valence electrons. The lowest BCUT2D eigenvalue weighted by molar-refractivity contribution is -0.139. The van der Waals surface area contributed by atoms with Gasteiger partial charge in [0.05, 0.1) is 0 Å². The third-order valence-electron chi connectivity index (χ3n) is 2.08. The molecule has 1 amide bonds. The van der Waals surface area contributed by atoms with Gasteiger partial charge in [-0.05, 0) is 18.6 Å². The number of nitrogens with zero attached hydrogens (tertiary/aromatic N) is 1. The van der Waals surface area contributed by atoms with Crippen LogP contribution in [0.5, 0.6) is 0 Å². The fourth-order valence-electron chi connectivity index (χ4n) is 1.28. The molecule has 0 saturated heterocycles. The minimum atomic E-state index is -1.02. The first-order valence-corrected chi connectivity index (χ1v) is 5.10. The number of carboxylic acid groups (broad SMARTS) is 1. The van der Waals surface area contributed by atoms with Gasteiger partial charge in [-0.3, -0.25) is 9.78 Å². The van der Waals surface area contributed by atoms with Crippen molar-refractivity contribution < 1.29 is 14.7 Å². The largest absolute Gasteiger partial charge is 0.480 e. The van der Waals surface area contributed by atoms with Crippen molar-refractivity contribution >= 4 is 11.9 Å². The van der Waals surface area contributed by atoms with Crippen LogP contribution in [-0.4, -0.2) is 28.0 Å². The molecule has 1 rings (SSSR count). The van der Waals surface area contributed by atoms with Crippen LogP contribution in [0.15, 0.2) is 24.4 Å². The van der Waals surface area contributed by atoms with E-state index >= 15 is 0 Å². The number of rotatable bonds is 5. The second-order valence-electron chi connectivity index (χ2n) is 3.37. The van der Waals surface area contributed by atoms with Gasteiger partial charge in [0.25, 0.3) is 5.91 Å². The zero-order valence-electron chi connectivity index (χ0n) is 9.01. The second-order valence-corrected chi connectivity index (χ2v) is 3.37. The van der Waals surface area contributed by atoms with Crippen LogP contribution in [0.3, 0.4) is 0 Å². The Hall–Kier alpha value is -1.91. The van der Waals surface area contributed by atoms with Crippen molar-refractivity contribution in [2.45, 2.75) is 25.8 Å². The standard InChI is InChI=1S/C11H14N2O3/c1-2-5-9(11(15)16)13-10(14)8-6-3-4-7-12-8/h3-4,6-7,9H,2,5H2,1H3,(H,13,14)(H,15,16)/t9-/m1/s1. The van der Waals surface area contributed by atoms with Gasteiger partial charge in [-0.25, -0.2) is 4.79 Å². The van der Waals surface area contributed by atoms with Crippen LogP contribution in [0.2, 0.25) is 0 Å². The molecule has 16 heavy (non-hydrogen) atoms. The predicted molar refractivity (Wildman–Crippen MR) is 58.0 cm³/mol. The summed E-state index contributed by atoms with van der Waals surface area (Å²) in [6, 6.07) is 4.06. The average Bonchev–Trinajstić information content (AvgIpc) is 2.29. The van der Waals surface area contributed by atoms with Gasteiger partial charge < -0.3 is 10.4 Å². The molecule has 5 heteroatoms. The maximum Gasteiger partial charge on any atom is 0.326 e. The molecular formula is C11H14N2O3. The van der Waals surface area contributed by atoms with Crippen LogP contribution in [0, 0.1) is 0 Å². The third kappa shape index (κ3) is 3.34. The topological polar surface area (TPSA) is 79.3 Å². The molecule has 0 aliphatic heterocycles. The highest BCUT2D eigenvalue weighted by Gasteiger charge is 2.19. The Labute approximate surface area is 93.5 Å². The van der Waals surface area contributed by atoms with Crippen LogP contribution < -0.4 is 5.32 Å². The molecule has 0 radical (unpaired) electrons. The number of hydrogen-bond acceptors (Lipinski definition) is 3. The molecule has 0 aliphatic carbocycles. The van der Waals surface area contributed by atoms with Gasteiger partial charge in [-0.2, -0.15) is 0 Å². The van der Waals surface area contributed by atoms with Crippen LogP contribution in [-0.2, 0) is 4.79 Å². The highest BCUT2D eigenvalue weighted by Crippen LogP contribution is 2.00. The SMILES string of the molecule is CCC[C@@H](NC(=O)c1ccccn1)C(=O)O. The molecule has 0 bridgehead atoms. The van der Waals surface area contributed by atoms with Crippen molar-refractivity contribution in [2.75, 3.05) is 0 Å². The van der Waals surface area contributed by atoms with E-state index in [1.54, 1.807) is 18.2 Å². The Bertz CT molecular complexity index is 365. The minimum Gasteiger partial charge on any atom is -0.480 e. The fourth-order valence-corrected chi connectivity index (χ4v) is 1.28. The summed E-state index contributed by atoms with van der Waals surface area (Å²) in [4.78, 5) is 26.3. The molecular weight excluding hydrogens is 208 g/mol. The lowest BCUT2D eigenvalue weighted by atomic mass is 10.1. The highest BCUT2D eigenvalue weighted by atomic mass is 16.4. The van der Waals surface area contributed by atoms with Crippen LogP contribution >= 0.6 is 0 Å². The highest BCUT2D eigenvalue weighted by molar-refractivity contribution is 5.94. The zero-order valence-corrected chi connectivity index (χ0v) is 9.01. The van der Waals surface area contributed by atoms with E-state index in [1.807, 2.05) is 6.92 Å². The van der Waals surface area contributed by atoms with Crippen molar-refractivity contribution in [2.24, 2.45) is 0 Å². The zero-order chi connectivity index (χ0) is 12.0. The van der Waals surface area contributed by atoms with Gasteiger partial charge >= 0.3 is 5.97 Å². The molecule has 0 spiro atoms. The number of nitrogens with one attached hydrogen (secondary N) is 1. The summed E-state index contributed by atoms with van der Waals surface area (Å²) < 4.78 is 0.